The Morgan fingerprint density at radius 2 is 1.69 bits per heavy atom. The van der Waals surface area contributed by atoms with Crippen LogP contribution in [0.25, 0.3) is 0 Å². The van der Waals surface area contributed by atoms with E-state index in [9.17, 15) is 0 Å². The van der Waals surface area contributed by atoms with Gasteiger partial charge in [-0.15, -0.1) is 0 Å². The first-order chi connectivity index (χ1) is 6.07. The fourth-order valence-electron chi connectivity index (χ4n) is 1.69. The standard InChI is InChI=1S/C12H15N/c1-8-7-9(2)12(5-6-13)11(4)10(8)3/h7H,5H2,1-4H3. The molecule has 0 saturated carbocycles. The van der Waals surface area contributed by atoms with Crippen molar-refractivity contribution >= 4 is 0 Å². The summed E-state index contributed by atoms with van der Waals surface area (Å²) in [5, 5.41) is 8.68. The first kappa shape index (κ1) is 9.80. The molecule has 1 aromatic rings. The lowest BCUT2D eigenvalue weighted by Crippen LogP contribution is -1.97. The van der Waals surface area contributed by atoms with Gasteiger partial charge in [-0.05, 0) is 55.5 Å². The van der Waals surface area contributed by atoms with Gasteiger partial charge in [0.05, 0.1) is 12.5 Å². The molecule has 13 heavy (non-hydrogen) atoms. The van der Waals surface area contributed by atoms with Crippen molar-refractivity contribution in [1.82, 2.24) is 0 Å². The van der Waals surface area contributed by atoms with E-state index >= 15 is 0 Å². The zero-order chi connectivity index (χ0) is 10.0. The maximum atomic E-state index is 8.68. The lowest BCUT2D eigenvalue weighted by molar-refractivity contribution is 1.12. The zero-order valence-corrected chi connectivity index (χ0v) is 8.73. The Kier molecular flexibility index (Phi) is 2.72. The van der Waals surface area contributed by atoms with Gasteiger partial charge in [0.1, 0.15) is 0 Å². The van der Waals surface area contributed by atoms with E-state index in [0.717, 1.165) is 0 Å². The number of rotatable bonds is 1. The zero-order valence-electron chi connectivity index (χ0n) is 8.73. The van der Waals surface area contributed by atoms with Gasteiger partial charge in [-0.2, -0.15) is 5.26 Å². The third kappa shape index (κ3) is 1.72. The van der Waals surface area contributed by atoms with Crippen LogP contribution in [-0.2, 0) is 6.42 Å². The first-order valence-corrected chi connectivity index (χ1v) is 4.51. The SMILES string of the molecule is Cc1cc(C)c(CC#N)c(C)c1C. The van der Waals surface area contributed by atoms with Crippen molar-refractivity contribution in [1.29, 1.82) is 5.26 Å². The predicted molar refractivity (Wildman–Crippen MR) is 54.7 cm³/mol. The molecular weight excluding hydrogens is 158 g/mol. The minimum Gasteiger partial charge on any atom is -0.198 e. The van der Waals surface area contributed by atoms with Gasteiger partial charge in [0.15, 0.2) is 0 Å². The average molecular weight is 173 g/mol. The largest absolute Gasteiger partial charge is 0.198 e. The van der Waals surface area contributed by atoms with Crippen molar-refractivity contribution in [2.24, 2.45) is 0 Å². The summed E-state index contributed by atoms with van der Waals surface area (Å²) in [4.78, 5) is 0. The van der Waals surface area contributed by atoms with Crippen molar-refractivity contribution in [3.05, 3.63) is 33.9 Å². The van der Waals surface area contributed by atoms with E-state index in [1.165, 1.54) is 27.8 Å². The summed E-state index contributed by atoms with van der Waals surface area (Å²) in [6.07, 6.45) is 0.527. The van der Waals surface area contributed by atoms with Crippen LogP contribution in [0.15, 0.2) is 6.07 Å². The van der Waals surface area contributed by atoms with Crippen molar-refractivity contribution < 1.29 is 0 Å². The van der Waals surface area contributed by atoms with Crippen molar-refractivity contribution in [2.45, 2.75) is 34.1 Å². The van der Waals surface area contributed by atoms with Gasteiger partial charge in [0.2, 0.25) is 0 Å². The molecular formula is C12H15N. The molecule has 1 rings (SSSR count). The molecule has 0 aliphatic rings. The molecule has 68 valence electrons. The first-order valence-electron chi connectivity index (χ1n) is 4.51. The van der Waals surface area contributed by atoms with Crippen molar-refractivity contribution in [2.75, 3.05) is 0 Å². The minimum absolute atomic E-state index is 0.527. The molecule has 0 fully saturated rings. The molecule has 0 aromatic heterocycles. The van der Waals surface area contributed by atoms with Crippen LogP contribution >= 0.6 is 0 Å². The summed E-state index contributed by atoms with van der Waals surface area (Å²) >= 11 is 0. The van der Waals surface area contributed by atoms with Crippen LogP contribution in [0.5, 0.6) is 0 Å². The molecule has 0 aliphatic carbocycles. The highest BCUT2D eigenvalue weighted by molar-refractivity contribution is 5.44. The molecule has 0 bridgehead atoms. The second kappa shape index (κ2) is 3.62. The molecule has 0 saturated heterocycles. The predicted octanol–water partition coefficient (Wildman–Crippen LogP) is 2.99. The van der Waals surface area contributed by atoms with E-state index in [-0.39, 0.29) is 0 Å². The monoisotopic (exact) mass is 173 g/mol. The quantitative estimate of drug-likeness (QED) is 0.640. The third-order valence-corrected chi connectivity index (χ3v) is 2.77. The Hall–Kier alpha value is -1.29. The Morgan fingerprint density at radius 3 is 2.23 bits per heavy atom. The van der Waals surface area contributed by atoms with Crippen molar-refractivity contribution in [3.63, 3.8) is 0 Å². The number of benzene rings is 1. The van der Waals surface area contributed by atoms with Crippen molar-refractivity contribution in [3.8, 4) is 6.07 Å². The van der Waals surface area contributed by atoms with Gasteiger partial charge in [-0.1, -0.05) is 6.07 Å². The van der Waals surface area contributed by atoms with E-state index in [4.69, 9.17) is 5.26 Å². The Labute approximate surface area is 80.0 Å². The number of hydrogen-bond donors (Lipinski definition) is 0. The molecule has 0 N–H and O–H groups in total. The molecule has 0 atom stereocenters. The molecule has 1 nitrogen and oxygen atoms in total. The Morgan fingerprint density at radius 1 is 1.08 bits per heavy atom. The average Bonchev–Trinajstić information content (AvgIpc) is 2.09. The summed E-state index contributed by atoms with van der Waals surface area (Å²) in [6, 6.07) is 4.37. The molecule has 0 heterocycles. The highest BCUT2D eigenvalue weighted by Gasteiger charge is 2.06. The fourth-order valence-corrected chi connectivity index (χ4v) is 1.69. The smallest absolute Gasteiger partial charge is 0.0669 e. The Balaban J connectivity index is 3.36. The number of aryl methyl sites for hydroxylation is 2. The lowest BCUT2D eigenvalue weighted by atomic mass is 9.93. The maximum absolute atomic E-state index is 8.68. The lowest BCUT2D eigenvalue weighted by Gasteiger charge is -2.12. The molecule has 0 radical (unpaired) electrons. The molecule has 1 heteroatoms. The maximum Gasteiger partial charge on any atom is 0.0669 e. The van der Waals surface area contributed by atoms with Gasteiger partial charge >= 0.3 is 0 Å². The van der Waals surface area contributed by atoms with Crippen LogP contribution in [0.3, 0.4) is 0 Å². The third-order valence-electron chi connectivity index (χ3n) is 2.77. The van der Waals surface area contributed by atoms with E-state index in [1.807, 2.05) is 0 Å². The summed E-state index contributed by atoms with van der Waals surface area (Å²) < 4.78 is 0. The summed E-state index contributed by atoms with van der Waals surface area (Å²) in [5.41, 5.74) is 6.35. The summed E-state index contributed by atoms with van der Waals surface area (Å²) in [6.45, 7) is 8.41. The topological polar surface area (TPSA) is 23.8 Å². The van der Waals surface area contributed by atoms with E-state index < -0.39 is 0 Å². The fraction of sp³-hybridized carbons (Fsp3) is 0.417. The second-order valence-electron chi connectivity index (χ2n) is 3.57. The highest BCUT2D eigenvalue weighted by Crippen LogP contribution is 2.21. The molecule has 1 aromatic carbocycles. The Bertz CT molecular complexity index is 370. The molecule has 0 amide bonds. The van der Waals surface area contributed by atoms with Gasteiger partial charge in [-0.25, -0.2) is 0 Å². The number of hydrogen-bond acceptors (Lipinski definition) is 1. The van der Waals surface area contributed by atoms with E-state index in [1.54, 1.807) is 0 Å². The highest BCUT2D eigenvalue weighted by atomic mass is 14.2. The van der Waals surface area contributed by atoms with Gasteiger partial charge in [-0.3, -0.25) is 0 Å². The van der Waals surface area contributed by atoms with Crippen LogP contribution in [0.4, 0.5) is 0 Å². The number of nitrogens with zero attached hydrogens (tertiary/aromatic N) is 1. The second-order valence-corrected chi connectivity index (χ2v) is 3.57. The summed E-state index contributed by atoms with van der Waals surface area (Å²) in [5.74, 6) is 0. The molecule has 0 aliphatic heterocycles. The van der Waals surface area contributed by atoms with Gasteiger partial charge in [0, 0.05) is 0 Å². The number of nitriles is 1. The normalized spacial score (nSPS) is 9.77. The summed E-state index contributed by atoms with van der Waals surface area (Å²) in [7, 11) is 0. The van der Waals surface area contributed by atoms with Crippen LogP contribution in [0.2, 0.25) is 0 Å². The van der Waals surface area contributed by atoms with E-state index in [2.05, 4.69) is 39.8 Å². The van der Waals surface area contributed by atoms with Crippen LogP contribution in [-0.4, -0.2) is 0 Å². The molecule has 0 unspecified atom stereocenters. The van der Waals surface area contributed by atoms with Gasteiger partial charge < -0.3 is 0 Å². The molecule has 0 spiro atoms. The van der Waals surface area contributed by atoms with Crippen LogP contribution < -0.4 is 0 Å². The van der Waals surface area contributed by atoms with Crippen LogP contribution in [0, 0.1) is 39.0 Å². The van der Waals surface area contributed by atoms with Crippen LogP contribution in [0.1, 0.15) is 27.8 Å². The van der Waals surface area contributed by atoms with E-state index in [0.29, 0.717) is 6.42 Å². The van der Waals surface area contributed by atoms with Gasteiger partial charge in [0.25, 0.3) is 0 Å². The minimum atomic E-state index is 0.527.